The summed E-state index contributed by atoms with van der Waals surface area (Å²) in [7, 11) is -1.22. The Balaban J connectivity index is 1.46. The zero-order chi connectivity index (χ0) is 23.9. The minimum Gasteiger partial charge on any atom is -0.490 e. The number of para-hydroxylation sites is 1. The fraction of sp³-hybridized carbons (Fsp3) is 0.480. The standard InChI is InChI=1S/C25H31FN4O3Si/c1-34(2,3)13-12-32-15-30-24-18(10-11-22(27-24)28-25(31)19-14-20(19)26)23(29-30)17-6-4-5-7-21(17)33-16-8-9-16/h4-7,10-11,16,19-20H,8-9,12-15H2,1-3H3,(H,27,28,31). The number of hydrogen-bond acceptors (Lipinski definition) is 5. The zero-order valence-corrected chi connectivity index (χ0v) is 20.9. The van der Waals surface area contributed by atoms with Gasteiger partial charge in [-0.1, -0.05) is 31.8 Å². The maximum absolute atomic E-state index is 13.3. The summed E-state index contributed by atoms with van der Waals surface area (Å²) in [6.45, 7) is 7.85. The first kappa shape index (κ1) is 23.0. The van der Waals surface area contributed by atoms with E-state index in [4.69, 9.17) is 14.6 Å². The number of nitrogens with zero attached hydrogens (tertiary/aromatic N) is 3. The minimum atomic E-state index is -1.22. The number of carbonyl (C=O) groups excluding carboxylic acids is 1. The number of amides is 1. The van der Waals surface area contributed by atoms with Crippen LogP contribution in [0.5, 0.6) is 5.75 Å². The molecule has 1 amide bonds. The van der Waals surface area contributed by atoms with Crippen molar-refractivity contribution in [1.29, 1.82) is 0 Å². The molecule has 2 fully saturated rings. The SMILES string of the molecule is C[Si](C)(C)CCOCn1nc(-c2ccccc2OC2CC2)c2ccc(NC(=O)C3CC3F)nc21. The summed E-state index contributed by atoms with van der Waals surface area (Å²) >= 11 is 0. The fourth-order valence-electron chi connectivity index (χ4n) is 3.72. The van der Waals surface area contributed by atoms with E-state index in [2.05, 4.69) is 29.9 Å². The number of nitrogens with one attached hydrogen (secondary N) is 1. The smallest absolute Gasteiger partial charge is 0.231 e. The molecule has 0 bridgehead atoms. The van der Waals surface area contributed by atoms with Gasteiger partial charge in [-0.15, -0.1) is 0 Å². The summed E-state index contributed by atoms with van der Waals surface area (Å²) in [6, 6.07) is 12.6. The molecule has 7 nitrogen and oxygen atoms in total. The van der Waals surface area contributed by atoms with Crippen molar-refractivity contribution in [1.82, 2.24) is 14.8 Å². The number of carbonyl (C=O) groups is 1. The van der Waals surface area contributed by atoms with Crippen LogP contribution in [0.1, 0.15) is 19.3 Å². The van der Waals surface area contributed by atoms with E-state index in [1.165, 1.54) is 0 Å². The number of hydrogen-bond donors (Lipinski definition) is 1. The van der Waals surface area contributed by atoms with E-state index < -0.39 is 20.2 Å². The van der Waals surface area contributed by atoms with Gasteiger partial charge in [-0.05, 0) is 49.6 Å². The quantitative estimate of drug-likeness (QED) is 0.315. The molecule has 2 aliphatic rings. The topological polar surface area (TPSA) is 78.3 Å². The van der Waals surface area contributed by atoms with Crippen molar-refractivity contribution in [2.75, 3.05) is 11.9 Å². The Hall–Kier alpha value is -2.78. The number of aromatic nitrogens is 3. The summed E-state index contributed by atoms with van der Waals surface area (Å²) in [4.78, 5) is 16.9. The molecular weight excluding hydrogens is 451 g/mol. The van der Waals surface area contributed by atoms with Gasteiger partial charge >= 0.3 is 0 Å². The second-order valence-electron chi connectivity index (χ2n) is 10.4. The van der Waals surface area contributed by atoms with Gasteiger partial charge in [0.15, 0.2) is 5.65 Å². The lowest BCUT2D eigenvalue weighted by Crippen LogP contribution is -2.22. The fourth-order valence-corrected chi connectivity index (χ4v) is 4.48. The van der Waals surface area contributed by atoms with Crippen LogP contribution in [-0.2, 0) is 16.3 Å². The number of pyridine rings is 1. The summed E-state index contributed by atoms with van der Waals surface area (Å²) in [5.74, 6) is 0.278. The van der Waals surface area contributed by atoms with Crippen molar-refractivity contribution in [2.45, 2.75) is 64.0 Å². The molecule has 0 aliphatic heterocycles. The largest absolute Gasteiger partial charge is 0.490 e. The average molecular weight is 483 g/mol. The third kappa shape index (κ3) is 5.31. The Labute approximate surface area is 199 Å². The molecule has 1 N–H and O–H groups in total. The van der Waals surface area contributed by atoms with Gasteiger partial charge in [0.05, 0.1) is 12.0 Å². The summed E-state index contributed by atoms with van der Waals surface area (Å²) in [5, 5.41) is 8.44. The zero-order valence-electron chi connectivity index (χ0n) is 19.9. The molecule has 2 atom stereocenters. The lowest BCUT2D eigenvalue weighted by molar-refractivity contribution is -0.117. The monoisotopic (exact) mass is 482 g/mol. The Morgan fingerprint density at radius 1 is 1.21 bits per heavy atom. The number of ether oxygens (including phenoxy) is 2. The summed E-state index contributed by atoms with van der Waals surface area (Å²) < 4.78 is 27.1. The molecule has 180 valence electrons. The van der Waals surface area contributed by atoms with E-state index in [1.807, 2.05) is 30.3 Å². The number of halogens is 1. The highest BCUT2D eigenvalue weighted by molar-refractivity contribution is 6.76. The predicted molar refractivity (Wildman–Crippen MR) is 132 cm³/mol. The van der Waals surface area contributed by atoms with Crippen LogP contribution in [0.3, 0.4) is 0 Å². The van der Waals surface area contributed by atoms with Gasteiger partial charge in [0.1, 0.15) is 30.2 Å². The van der Waals surface area contributed by atoms with Crippen molar-refractivity contribution in [3.05, 3.63) is 36.4 Å². The molecule has 0 saturated heterocycles. The van der Waals surface area contributed by atoms with Crippen molar-refractivity contribution < 1.29 is 18.7 Å². The molecular formula is C25H31FN4O3Si. The second kappa shape index (κ2) is 9.11. The first-order valence-electron chi connectivity index (χ1n) is 11.9. The van der Waals surface area contributed by atoms with Gasteiger partial charge in [-0.2, -0.15) is 5.10 Å². The molecule has 34 heavy (non-hydrogen) atoms. The van der Waals surface area contributed by atoms with Gasteiger partial charge in [-0.3, -0.25) is 4.79 Å². The van der Waals surface area contributed by atoms with E-state index >= 15 is 0 Å². The molecule has 2 heterocycles. The van der Waals surface area contributed by atoms with Crippen LogP contribution < -0.4 is 10.1 Å². The van der Waals surface area contributed by atoms with E-state index in [9.17, 15) is 9.18 Å². The van der Waals surface area contributed by atoms with Gasteiger partial charge in [-0.25, -0.2) is 14.1 Å². The lowest BCUT2D eigenvalue weighted by Gasteiger charge is -2.15. The van der Waals surface area contributed by atoms with Gasteiger partial charge in [0.25, 0.3) is 0 Å². The van der Waals surface area contributed by atoms with Crippen molar-refractivity contribution in [2.24, 2.45) is 5.92 Å². The highest BCUT2D eigenvalue weighted by Gasteiger charge is 2.43. The Bertz CT molecular complexity index is 1200. The van der Waals surface area contributed by atoms with Crippen molar-refractivity contribution >= 4 is 30.8 Å². The van der Waals surface area contributed by atoms with E-state index in [1.54, 1.807) is 10.7 Å². The Morgan fingerprint density at radius 3 is 2.68 bits per heavy atom. The molecule has 1 aromatic carbocycles. The number of rotatable bonds is 10. The number of benzene rings is 1. The van der Waals surface area contributed by atoms with Crippen LogP contribution in [0.2, 0.25) is 25.7 Å². The van der Waals surface area contributed by atoms with Crippen LogP contribution in [0.15, 0.2) is 36.4 Å². The highest BCUT2D eigenvalue weighted by atomic mass is 28.3. The predicted octanol–water partition coefficient (Wildman–Crippen LogP) is 5.25. The molecule has 0 spiro atoms. The summed E-state index contributed by atoms with van der Waals surface area (Å²) in [5.41, 5.74) is 2.27. The molecule has 2 aliphatic carbocycles. The second-order valence-corrected chi connectivity index (χ2v) is 16.0. The third-order valence-corrected chi connectivity index (χ3v) is 7.77. The molecule has 0 radical (unpaired) electrons. The minimum absolute atomic E-state index is 0.256. The molecule has 3 aromatic rings. The summed E-state index contributed by atoms with van der Waals surface area (Å²) in [6.07, 6.45) is 1.63. The Morgan fingerprint density at radius 2 is 1.97 bits per heavy atom. The van der Waals surface area contributed by atoms with Gasteiger partial charge < -0.3 is 14.8 Å². The van der Waals surface area contributed by atoms with Crippen molar-refractivity contribution in [3.63, 3.8) is 0 Å². The van der Waals surface area contributed by atoms with Crippen LogP contribution in [0.4, 0.5) is 10.2 Å². The third-order valence-electron chi connectivity index (χ3n) is 6.07. The van der Waals surface area contributed by atoms with Crippen LogP contribution in [0, 0.1) is 5.92 Å². The van der Waals surface area contributed by atoms with Crippen LogP contribution in [-0.4, -0.2) is 47.6 Å². The van der Waals surface area contributed by atoms with Gasteiger partial charge in [0.2, 0.25) is 5.91 Å². The number of fused-ring (bicyclic) bond motifs is 1. The maximum Gasteiger partial charge on any atom is 0.231 e. The molecule has 2 unspecified atom stereocenters. The van der Waals surface area contributed by atoms with E-state index in [0.29, 0.717) is 18.1 Å². The average Bonchev–Trinajstić information content (AvgIpc) is 3.71. The van der Waals surface area contributed by atoms with Gasteiger partial charge in [0, 0.05) is 25.6 Å². The molecule has 5 rings (SSSR count). The highest BCUT2D eigenvalue weighted by Crippen LogP contribution is 2.38. The first-order valence-corrected chi connectivity index (χ1v) is 15.7. The molecule has 9 heteroatoms. The van der Waals surface area contributed by atoms with E-state index in [0.717, 1.165) is 41.3 Å². The van der Waals surface area contributed by atoms with Crippen LogP contribution >= 0.6 is 0 Å². The maximum atomic E-state index is 13.3. The van der Waals surface area contributed by atoms with Crippen molar-refractivity contribution in [3.8, 4) is 17.0 Å². The number of alkyl halides is 1. The lowest BCUT2D eigenvalue weighted by atomic mass is 10.1. The first-order chi connectivity index (χ1) is 16.3. The normalized spacial score (nSPS) is 19.9. The number of anilines is 1. The Kier molecular flexibility index (Phi) is 6.16. The van der Waals surface area contributed by atoms with E-state index in [-0.39, 0.29) is 25.2 Å². The molecule has 2 saturated carbocycles. The molecule has 2 aromatic heterocycles. The van der Waals surface area contributed by atoms with Crippen LogP contribution in [0.25, 0.3) is 22.3 Å².